The number of nitrogens with zero attached hydrogens (tertiary/aromatic N) is 5. The van der Waals surface area contributed by atoms with Gasteiger partial charge >= 0.3 is 0 Å². The first-order valence-corrected chi connectivity index (χ1v) is 17.2. The smallest absolute Gasteiger partial charge is 0.267 e. The summed E-state index contributed by atoms with van der Waals surface area (Å²) in [6.07, 6.45) is 13.6. The number of hydrogen-bond donors (Lipinski definition) is 4. The van der Waals surface area contributed by atoms with Gasteiger partial charge in [-0.2, -0.15) is 0 Å². The summed E-state index contributed by atoms with van der Waals surface area (Å²) >= 11 is 0. The third-order valence-electron chi connectivity index (χ3n) is 10.1. The summed E-state index contributed by atoms with van der Waals surface area (Å²) in [6, 6.07) is 3.40. The van der Waals surface area contributed by atoms with Crippen LogP contribution in [-0.2, 0) is 25.6 Å². The summed E-state index contributed by atoms with van der Waals surface area (Å²) in [7, 11) is 1.62. The Morgan fingerprint density at radius 2 is 1.72 bits per heavy atom. The van der Waals surface area contributed by atoms with Crippen molar-refractivity contribution < 1.29 is 19.2 Å². The van der Waals surface area contributed by atoms with Crippen LogP contribution in [0.3, 0.4) is 0 Å². The van der Waals surface area contributed by atoms with E-state index in [1.165, 1.54) is 11.3 Å². The fourth-order valence-electron chi connectivity index (χ4n) is 7.04. The Morgan fingerprint density at radius 1 is 1.00 bits per heavy atom. The molecule has 0 radical (unpaired) electrons. The number of piperazine rings is 1. The highest BCUT2D eigenvalue weighted by Gasteiger charge is 2.32. The highest BCUT2D eigenvalue weighted by atomic mass is 16.2. The second kappa shape index (κ2) is 16.1. The highest BCUT2D eigenvalue weighted by molar-refractivity contribution is 6.01. The van der Waals surface area contributed by atoms with Gasteiger partial charge in [0.1, 0.15) is 11.9 Å². The van der Waals surface area contributed by atoms with Crippen LogP contribution in [0.25, 0.3) is 0 Å². The Kier molecular flexibility index (Phi) is 11.7. The van der Waals surface area contributed by atoms with E-state index < -0.39 is 11.9 Å². The van der Waals surface area contributed by atoms with Crippen LogP contribution in [-0.4, -0.2) is 108 Å². The molecule has 1 aromatic heterocycles. The van der Waals surface area contributed by atoms with Crippen LogP contribution in [0.1, 0.15) is 63.4 Å². The van der Waals surface area contributed by atoms with Crippen LogP contribution >= 0.6 is 0 Å². The van der Waals surface area contributed by atoms with Gasteiger partial charge in [-0.15, -0.1) is 0 Å². The van der Waals surface area contributed by atoms with E-state index in [1.54, 1.807) is 25.4 Å². The maximum Gasteiger partial charge on any atom is 0.267 e. The third-order valence-corrected chi connectivity index (χ3v) is 10.1. The molecule has 3 aliphatic heterocycles. The van der Waals surface area contributed by atoms with Crippen molar-refractivity contribution in [2.75, 3.05) is 57.8 Å². The standard InChI is InChI=1S/C34H51N9O4/c1-40(28-8-10-31(44)39-34(28)47)32(45)22-25-11-14-37-30(21-25)43-19-17-41(18-20-43)23-24-12-15-42(16-13-24)29(36)9-7-27(35)33(46)38-26-5-3-2-4-6-26/h7,9,11,14,21,24,26,28H,2-6,8,10,12-13,15-20,22-23,35-36H2,1H3,(H,38,46)(H,39,44,47)/b27-7-,29-9+. The molecule has 0 aromatic carbocycles. The van der Waals surface area contributed by atoms with Crippen LogP contribution in [0.2, 0.25) is 0 Å². The zero-order chi connectivity index (χ0) is 33.3. The number of piperidine rings is 2. The van der Waals surface area contributed by atoms with Gasteiger partial charge < -0.3 is 31.5 Å². The zero-order valence-electron chi connectivity index (χ0n) is 27.7. The summed E-state index contributed by atoms with van der Waals surface area (Å²) in [5.41, 5.74) is 13.4. The van der Waals surface area contributed by atoms with Crippen molar-refractivity contribution in [2.24, 2.45) is 17.4 Å². The average molecular weight is 650 g/mol. The maximum absolute atomic E-state index is 12.9. The third kappa shape index (κ3) is 9.46. The number of likely N-dealkylation sites (N-methyl/N-ethyl adjacent to an activating group) is 1. The molecule has 13 nitrogen and oxygen atoms in total. The van der Waals surface area contributed by atoms with Gasteiger partial charge in [-0.3, -0.25) is 29.4 Å². The van der Waals surface area contributed by atoms with Gasteiger partial charge in [0.05, 0.1) is 17.9 Å². The fourth-order valence-corrected chi connectivity index (χ4v) is 7.04. The molecule has 0 bridgehead atoms. The lowest BCUT2D eigenvalue weighted by Crippen LogP contribution is -2.53. The molecule has 6 N–H and O–H groups in total. The summed E-state index contributed by atoms with van der Waals surface area (Å²) in [4.78, 5) is 62.0. The van der Waals surface area contributed by atoms with Crippen LogP contribution in [0, 0.1) is 5.92 Å². The molecule has 3 saturated heterocycles. The SMILES string of the molecule is CN(C(=O)Cc1ccnc(N2CCN(CC3CCN(/C(N)=C/C=C(\N)C(=O)NC4CCCCC4)CC3)CC2)c1)C1CCC(=O)NC1=O. The molecule has 4 fully saturated rings. The molecule has 1 aliphatic carbocycles. The molecule has 1 saturated carbocycles. The molecule has 5 rings (SSSR count). The lowest BCUT2D eigenvalue weighted by atomic mass is 9.95. The van der Waals surface area contributed by atoms with E-state index in [-0.39, 0.29) is 42.3 Å². The summed E-state index contributed by atoms with van der Waals surface area (Å²) in [6.45, 7) is 6.41. The molecule has 13 heteroatoms. The first-order valence-electron chi connectivity index (χ1n) is 17.2. The average Bonchev–Trinajstić information content (AvgIpc) is 3.08. The Labute approximate surface area is 277 Å². The number of nitrogens with one attached hydrogen (secondary N) is 2. The number of imide groups is 1. The van der Waals surface area contributed by atoms with E-state index in [4.69, 9.17) is 11.5 Å². The van der Waals surface area contributed by atoms with Crippen molar-refractivity contribution >= 4 is 29.4 Å². The lowest BCUT2D eigenvalue weighted by Gasteiger charge is -2.39. The van der Waals surface area contributed by atoms with Crippen LogP contribution in [0.5, 0.6) is 0 Å². The van der Waals surface area contributed by atoms with Gasteiger partial charge in [0, 0.05) is 71.5 Å². The van der Waals surface area contributed by atoms with Crippen LogP contribution in [0.4, 0.5) is 5.82 Å². The molecule has 256 valence electrons. The fraction of sp³-hybridized carbons (Fsp3) is 0.618. The Balaban J connectivity index is 1.02. The Morgan fingerprint density at radius 3 is 2.43 bits per heavy atom. The van der Waals surface area contributed by atoms with Gasteiger partial charge in [0.15, 0.2) is 0 Å². The first-order chi connectivity index (χ1) is 22.7. The number of aromatic nitrogens is 1. The van der Waals surface area contributed by atoms with E-state index in [0.717, 1.165) is 95.7 Å². The van der Waals surface area contributed by atoms with Gasteiger partial charge in [0.2, 0.25) is 17.7 Å². The molecule has 4 aliphatic rings. The number of carbonyl (C=O) groups is 4. The van der Waals surface area contributed by atoms with Gasteiger partial charge in [0.25, 0.3) is 5.91 Å². The van der Waals surface area contributed by atoms with E-state index in [0.29, 0.717) is 18.2 Å². The van der Waals surface area contributed by atoms with Gasteiger partial charge in [-0.1, -0.05) is 19.3 Å². The van der Waals surface area contributed by atoms with Crippen molar-refractivity contribution in [3.05, 3.63) is 47.6 Å². The number of hydrogen-bond acceptors (Lipinski definition) is 10. The molecule has 4 amide bonds. The van der Waals surface area contributed by atoms with Crippen molar-refractivity contribution in [2.45, 2.75) is 76.3 Å². The highest BCUT2D eigenvalue weighted by Crippen LogP contribution is 2.23. The zero-order valence-corrected chi connectivity index (χ0v) is 27.7. The lowest BCUT2D eigenvalue weighted by molar-refractivity contribution is -0.144. The number of amides is 4. The second-order valence-electron chi connectivity index (χ2n) is 13.4. The minimum atomic E-state index is -0.623. The normalized spacial score (nSPS) is 22.6. The molecule has 47 heavy (non-hydrogen) atoms. The number of nitrogens with two attached hydrogens (primary N) is 2. The molecule has 4 heterocycles. The van der Waals surface area contributed by atoms with Gasteiger partial charge in [-0.25, -0.2) is 4.98 Å². The quantitative estimate of drug-likeness (QED) is 0.162. The predicted octanol–water partition coefficient (Wildman–Crippen LogP) is 0.813. The minimum absolute atomic E-state index is 0.164. The van der Waals surface area contributed by atoms with E-state index in [2.05, 4.69) is 30.3 Å². The number of anilines is 1. The number of pyridine rings is 1. The minimum Gasteiger partial charge on any atom is -0.394 e. The maximum atomic E-state index is 12.9. The van der Waals surface area contributed by atoms with Crippen molar-refractivity contribution in [3.63, 3.8) is 0 Å². The monoisotopic (exact) mass is 649 g/mol. The number of carbonyl (C=O) groups excluding carboxylic acids is 4. The van der Waals surface area contributed by atoms with Crippen LogP contribution in [0.15, 0.2) is 42.0 Å². The molecular weight excluding hydrogens is 598 g/mol. The van der Waals surface area contributed by atoms with E-state index in [9.17, 15) is 19.2 Å². The van der Waals surface area contributed by atoms with Crippen molar-refractivity contribution in [3.8, 4) is 0 Å². The molecule has 1 unspecified atom stereocenters. The van der Waals surface area contributed by atoms with Crippen molar-refractivity contribution in [1.82, 2.24) is 30.3 Å². The Hall–Kier alpha value is -4.13. The summed E-state index contributed by atoms with van der Waals surface area (Å²) in [5, 5.41) is 5.36. The van der Waals surface area contributed by atoms with Crippen LogP contribution < -0.4 is 27.0 Å². The number of rotatable bonds is 10. The molecule has 1 atom stereocenters. The largest absolute Gasteiger partial charge is 0.394 e. The predicted molar refractivity (Wildman–Crippen MR) is 179 cm³/mol. The topological polar surface area (TPSA) is 170 Å². The number of likely N-dealkylation sites (tertiary alicyclic amines) is 1. The van der Waals surface area contributed by atoms with Crippen molar-refractivity contribution in [1.29, 1.82) is 0 Å². The van der Waals surface area contributed by atoms with E-state index >= 15 is 0 Å². The summed E-state index contributed by atoms with van der Waals surface area (Å²) < 4.78 is 0. The first kappa shape index (κ1) is 34.2. The second-order valence-corrected chi connectivity index (χ2v) is 13.4. The van der Waals surface area contributed by atoms with E-state index in [1.807, 2.05) is 12.1 Å². The molecule has 1 aromatic rings. The molecule has 0 spiro atoms. The van der Waals surface area contributed by atoms with Gasteiger partial charge in [-0.05, 0) is 67.9 Å². The number of allylic oxidation sites excluding steroid dienone is 2. The molecular formula is C34H51N9O4. The Bertz CT molecular complexity index is 1340. The summed E-state index contributed by atoms with van der Waals surface area (Å²) in [5.74, 6) is 1.01.